The van der Waals surface area contributed by atoms with Gasteiger partial charge in [0.2, 0.25) is 5.95 Å². The zero-order valence-corrected chi connectivity index (χ0v) is 17.4. The number of anilines is 2. The average Bonchev–Trinajstić information content (AvgIpc) is 2.75. The maximum absolute atomic E-state index is 9.91. The molecule has 3 N–H and O–H groups in total. The minimum Gasteiger partial charge on any atom is -0.393 e. The van der Waals surface area contributed by atoms with E-state index in [1.54, 1.807) is 0 Å². The first-order valence-corrected chi connectivity index (χ1v) is 11.2. The SMILES string of the molecule is CCCCNc1ncc2c(NC3CCOCC3)ncc(C3CCC(O)CC3)c2n1. The predicted molar refractivity (Wildman–Crippen MR) is 115 cm³/mol. The van der Waals surface area contributed by atoms with Crippen LogP contribution in [0.25, 0.3) is 10.9 Å². The monoisotopic (exact) mass is 399 g/mol. The molecule has 0 atom stereocenters. The molecule has 0 aromatic carbocycles. The van der Waals surface area contributed by atoms with Gasteiger partial charge in [0.25, 0.3) is 0 Å². The van der Waals surface area contributed by atoms with Gasteiger partial charge in [0.05, 0.1) is 17.0 Å². The Labute approximate surface area is 172 Å². The van der Waals surface area contributed by atoms with Crippen molar-refractivity contribution >= 4 is 22.7 Å². The summed E-state index contributed by atoms with van der Waals surface area (Å²) in [5, 5.41) is 17.9. The number of hydrogen-bond acceptors (Lipinski definition) is 7. The largest absolute Gasteiger partial charge is 0.393 e. The molecule has 0 bridgehead atoms. The van der Waals surface area contributed by atoms with Crippen molar-refractivity contribution in [2.45, 2.75) is 76.4 Å². The first-order chi connectivity index (χ1) is 14.2. The Hall–Kier alpha value is -1.99. The Morgan fingerprint density at radius 3 is 2.62 bits per heavy atom. The molecule has 29 heavy (non-hydrogen) atoms. The second-order valence-corrected chi connectivity index (χ2v) is 8.33. The average molecular weight is 400 g/mol. The van der Waals surface area contributed by atoms with Gasteiger partial charge in [-0.1, -0.05) is 13.3 Å². The van der Waals surface area contributed by atoms with Gasteiger partial charge < -0.3 is 20.5 Å². The fourth-order valence-electron chi connectivity index (χ4n) is 4.34. The molecule has 0 unspecified atom stereocenters. The summed E-state index contributed by atoms with van der Waals surface area (Å²) in [7, 11) is 0. The highest BCUT2D eigenvalue weighted by atomic mass is 16.5. The zero-order chi connectivity index (χ0) is 20.1. The molecule has 7 heteroatoms. The van der Waals surface area contributed by atoms with Crippen LogP contribution < -0.4 is 10.6 Å². The molecule has 2 fully saturated rings. The number of aliphatic hydroxyl groups excluding tert-OH is 1. The summed E-state index contributed by atoms with van der Waals surface area (Å²) in [4.78, 5) is 14.3. The van der Waals surface area contributed by atoms with Gasteiger partial charge in [0.15, 0.2) is 0 Å². The van der Waals surface area contributed by atoms with Crippen molar-refractivity contribution in [1.82, 2.24) is 15.0 Å². The Morgan fingerprint density at radius 2 is 1.86 bits per heavy atom. The van der Waals surface area contributed by atoms with E-state index in [0.717, 1.165) is 87.8 Å². The minimum absolute atomic E-state index is 0.166. The lowest BCUT2D eigenvalue weighted by Crippen LogP contribution is -2.28. The predicted octanol–water partition coefficient (Wildman–Crippen LogP) is 3.85. The number of fused-ring (bicyclic) bond motifs is 1. The quantitative estimate of drug-likeness (QED) is 0.609. The molecule has 1 saturated heterocycles. The first-order valence-electron chi connectivity index (χ1n) is 11.2. The molecular weight excluding hydrogens is 366 g/mol. The number of aromatic nitrogens is 3. The Morgan fingerprint density at radius 1 is 1.07 bits per heavy atom. The summed E-state index contributed by atoms with van der Waals surface area (Å²) in [5.41, 5.74) is 2.18. The molecule has 0 spiro atoms. The summed E-state index contributed by atoms with van der Waals surface area (Å²) >= 11 is 0. The number of rotatable bonds is 7. The second kappa shape index (κ2) is 9.67. The third-order valence-corrected chi connectivity index (χ3v) is 6.16. The van der Waals surface area contributed by atoms with E-state index in [2.05, 4.69) is 22.5 Å². The lowest BCUT2D eigenvalue weighted by molar-refractivity contribution is 0.0904. The molecule has 3 heterocycles. The van der Waals surface area contributed by atoms with E-state index in [0.29, 0.717) is 17.9 Å². The molecule has 0 radical (unpaired) electrons. The molecule has 7 nitrogen and oxygen atoms in total. The van der Waals surface area contributed by atoms with Gasteiger partial charge in [-0.25, -0.2) is 15.0 Å². The fourth-order valence-corrected chi connectivity index (χ4v) is 4.34. The lowest BCUT2D eigenvalue weighted by Gasteiger charge is -2.27. The van der Waals surface area contributed by atoms with Crippen LogP contribution in [-0.2, 0) is 4.74 Å². The van der Waals surface area contributed by atoms with Crippen LogP contribution >= 0.6 is 0 Å². The van der Waals surface area contributed by atoms with Gasteiger partial charge in [-0.05, 0) is 50.9 Å². The Bertz CT molecular complexity index is 801. The minimum atomic E-state index is -0.166. The van der Waals surface area contributed by atoms with Gasteiger partial charge in [0.1, 0.15) is 5.82 Å². The van der Waals surface area contributed by atoms with Crippen LogP contribution in [0.4, 0.5) is 11.8 Å². The van der Waals surface area contributed by atoms with E-state index < -0.39 is 0 Å². The summed E-state index contributed by atoms with van der Waals surface area (Å²) in [6.07, 6.45) is 11.6. The summed E-state index contributed by atoms with van der Waals surface area (Å²) in [5.74, 6) is 1.95. The van der Waals surface area contributed by atoms with Crippen molar-refractivity contribution in [1.29, 1.82) is 0 Å². The van der Waals surface area contributed by atoms with E-state index in [9.17, 15) is 5.11 Å². The van der Waals surface area contributed by atoms with Crippen molar-refractivity contribution in [3.63, 3.8) is 0 Å². The van der Waals surface area contributed by atoms with Crippen LogP contribution in [0.15, 0.2) is 12.4 Å². The fraction of sp³-hybridized carbons (Fsp3) is 0.682. The second-order valence-electron chi connectivity index (χ2n) is 8.33. The summed E-state index contributed by atoms with van der Waals surface area (Å²) in [6, 6.07) is 0.373. The number of nitrogens with one attached hydrogen (secondary N) is 2. The van der Waals surface area contributed by atoms with Gasteiger partial charge >= 0.3 is 0 Å². The van der Waals surface area contributed by atoms with Gasteiger partial charge in [-0.3, -0.25) is 0 Å². The molecule has 2 aromatic rings. The molecule has 4 rings (SSSR count). The number of nitrogens with zero attached hydrogens (tertiary/aromatic N) is 3. The van der Waals surface area contributed by atoms with Crippen LogP contribution in [0.1, 0.15) is 69.8 Å². The van der Waals surface area contributed by atoms with Crippen LogP contribution in [0.3, 0.4) is 0 Å². The van der Waals surface area contributed by atoms with Crippen LogP contribution in [0.5, 0.6) is 0 Å². The summed E-state index contributed by atoms with van der Waals surface area (Å²) in [6.45, 7) is 4.64. The molecule has 1 saturated carbocycles. The highest BCUT2D eigenvalue weighted by molar-refractivity contribution is 5.91. The first kappa shape index (κ1) is 20.3. The molecule has 0 amide bonds. The smallest absolute Gasteiger partial charge is 0.223 e. The number of pyridine rings is 1. The number of unbranched alkanes of at least 4 members (excludes halogenated alkanes) is 1. The van der Waals surface area contributed by atoms with E-state index >= 15 is 0 Å². The molecule has 2 aliphatic rings. The lowest BCUT2D eigenvalue weighted by atomic mass is 9.82. The van der Waals surface area contributed by atoms with Crippen molar-refractivity contribution in [2.75, 3.05) is 30.4 Å². The molecular formula is C22H33N5O2. The highest BCUT2D eigenvalue weighted by Crippen LogP contribution is 2.37. The molecule has 1 aliphatic carbocycles. The normalized spacial score (nSPS) is 23.2. The third-order valence-electron chi connectivity index (χ3n) is 6.16. The topological polar surface area (TPSA) is 92.2 Å². The number of hydrogen-bond donors (Lipinski definition) is 3. The van der Waals surface area contributed by atoms with E-state index in [1.165, 1.54) is 5.56 Å². The van der Waals surface area contributed by atoms with Crippen molar-refractivity contribution in [3.05, 3.63) is 18.0 Å². The van der Waals surface area contributed by atoms with E-state index in [-0.39, 0.29) is 6.10 Å². The summed E-state index contributed by atoms with van der Waals surface area (Å²) < 4.78 is 5.48. The zero-order valence-electron chi connectivity index (χ0n) is 17.4. The van der Waals surface area contributed by atoms with Gasteiger partial charge in [-0.2, -0.15) is 0 Å². The molecule has 158 valence electrons. The van der Waals surface area contributed by atoms with Gasteiger partial charge in [0, 0.05) is 43.8 Å². The standard InChI is InChI=1S/C22H33N5O2/c1-2-3-10-23-22-25-14-19-20(27-22)18(15-4-6-17(28)7-5-15)13-24-21(19)26-16-8-11-29-12-9-16/h13-17,28H,2-12H2,1H3,(H,24,26)(H,23,25,27). The van der Waals surface area contributed by atoms with E-state index in [1.807, 2.05) is 12.4 Å². The molecule has 2 aromatic heterocycles. The van der Waals surface area contributed by atoms with Crippen molar-refractivity contribution < 1.29 is 9.84 Å². The Kier molecular flexibility index (Phi) is 6.77. The maximum atomic E-state index is 9.91. The van der Waals surface area contributed by atoms with Crippen LogP contribution in [0, 0.1) is 0 Å². The van der Waals surface area contributed by atoms with E-state index in [4.69, 9.17) is 14.7 Å². The highest BCUT2D eigenvalue weighted by Gasteiger charge is 2.25. The van der Waals surface area contributed by atoms with Gasteiger partial charge in [-0.15, -0.1) is 0 Å². The molecule has 1 aliphatic heterocycles. The van der Waals surface area contributed by atoms with Crippen molar-refractivity contribution in [2.24, 2.45) is 0 Å². The third kappa shape index (κ3) is 4.95. The van der Waals surface area contributed by atoms with Crippen molar-refractivity contribution in [3.8, 4) is 0 Å². The Balaban J connectivity index is 1.65. The van der Waals surface area contributed by atoms with Crippen LogP contribution in [0.2, 0.25) is 0 Å². The maximum Gasteiger partial charge on any atom is 0.223 e. The number of aliphatic hydroxyl groups is 1. The van der Waals surface area contributed by atoms with Crippen LogP contribution in [-0.4, -0.2) is 52.0 Å². The number of ether oxygens (including phenoxy) is 1.